The third kappa shape index (κ3) is 3.93. The normalized spacial score (nSPS) is 12.1. The third-order valence-electron chi connectivity index (χ3n) is 2.76. The molecule has 0 aliphatic carbocycles. The van der Waals surface area contributed by atoms with E-state index < -0.39 is 11.0 Å². The van der Waals surface area contributed by atoms with E-state index in [0.29, 0.717) is 16.3 Å². The number of hydrogen-bond acceptors (Lipinski definition) is 5. The quantitative estimate of drug-likeness (QED) is 0.652. The second kappa shape index (κ2) is 6.55. The molecule has 1 aromatic carbocycles. The molecule has 1 aromatic heterocycles. The van der Waals surface area contributed by atoms with Gasteiger partial charge in [0.15, 0.2) is 0 Å². The van der Waals surface area contributed by atoms with Crippen LogP contribution in [0, 0.1) is 17.0 Å². The molecule has 0 fully saturated rings. The first-order chi connectivity index (χ1) is 9.97. The van der Waals surface area contributed by atoms with Gasteiger partial charge in [-0.05, 0) is 24.0 Å². The van der Waals surface area contributed by atoms with Gasteiger partial charge in [-0.2, -0.15) is 4.68 Å². The van der Waals surface area contributed by atoms with Gasteiger partial charge in [-0.15, -0.1) is 0 Å². The first-order valence-corrected chi connectivity index (χ1v) is 6.59. The molecule has 1 unspecified atom stereocenters. The monoisotopic (exact) mass is 311 g/mol. The Bertz CT molecular complexity index is 644. The molecule has 0 saturated heterocycles. The van der Waals surface area contributed by atoms with Gasteiger partial charge < -0.3 is 20.0 Å². The fraction of sp³-hybridized carbons (Fsp3) is 0.308. The van der Waals surface area contributed by atoms with Gasteiger partial charge in [-0.25, -0.2) is 0 Å². The van der Waals surface area contributed by atoms with Gasteiger partial charge >= 0.3 is 5.82 Å². The van der Waals surface area contributed by atoms with E-state index in [4.69, 9.17) is 16.3 Å². The van der Waals surface area contributed by atoms with Gasteiger partial charge in [-0.1, -0.05) is 23.7 Å². The number of ether oxygens (including phenoxy) is 1. The summed E-state index contributed by atoms with van der Waals surface area (Å²) in [4.78, 5) is 10.1. The molecule has 1 N–H and O–H groups in total. The largest absolute Gasteiger partial charge is 0.489 e. The number of aliphatic hydroxyl groups excluding tert-OH is 1. The average Bonchev–Trinajstić information content (AvgIpc) is 2.79. The van der Waals surface area contributed by atoms with Crippen LogP contribution >= 0.6 is 11.6 Å². The second-order valence-corrected chi connectivity index (χ2v) is 4.92. The maximum Gasteiger partial charge on any atom is 0.392 e. The van der Waals surface area contributed by atoms with Crippen molar-refractivity contribution in [3.63, 3.8) is 0 Å². The van der Waals surface area contributed by atoms with Crippen molar-refractivity contribution in [3.05, 3.63) is 51.2 Å². The van der Waals surface area contributed by atoms with E-state index in [1.165, 1.54) is 10.9 Å². The number of aliphatic hydroxyl groups is 1. The minimum Gasteiger partial charge on any atom is -0.489 e. The molecule has 1 atom stereocenters. The number of nitrogens with zero attached hydrogens (tertiary/aromatic N) is 3. The summed E-state index contributed by atoms with van der Waals surface area (Å²) in [5, 5.41) is 24.8. The molecular formula is C13H14ClN3O4. The van der Waals surface area contributed by atoms with E-state index in [-0.39, 0.29) is 19.0 Å². The summed E-state index contributed by atoms with van der Waals surface area (Å²) in [5.74, 6) is 0.259. The fourth-order valence-electron chi connectivity index (χ4n) is 1.80. The van der Waals surface area contributed by atoms with Crippen LogP contribution in [0.1, 0.15) is 5.56 Å². The van der Waals surface area contributed by atoms with Crippen molar-refractivity contribution in [2.45, 2.75) is 19.6 Å². The van der Waals surface area contributed by atoms with Gasteiger partial charge in [0.1, 0.15) is 18.5 Å². The van der Waals surface area contributed by atoms with Crippen molar-refractivity contribution in [3.8, 4) is 5.75 Å². The number of nitro groups is 1. The van der Waals surface area contributed by atoms with Crippen LogP contribution in [-0.4, -0.2) is 32.5 Å². The van der Waals surface area contributed by atoms with Crippen molar-refractivity contribution in [2.24, 2.45) is 0 Å². The second-order valence-electron chi connectivity index (χ2n) is 4.51. The molecule has 0 amide bonds. The number of aryl methyl sites for hydroxylation is 1. The summed E-state index contributed by atoms with van der Waals surface area (Å²) in [6, 6.07) is 6.92. The smallest absolute Gasteiger partial charge is 0.392 e. The summed E-state index contributed by atoms with van der Waals surface area (Å²) in [7, 11) is 0. The first-order valence-electron chi connectivity index (χ1n) is 6.21. The van der Waals surface area contributed by atoms with Crippen LogP contribution in [0.5, 0.6) is 5.75 Å². The lowest BCUT2D eigenvalue weighted by atomic mass is 10.3. The van der Waals surface area contributed by atoms with E-state index in [2.05, 4.69) is 5.10 Å². The molecule has 2 rings (SSSR count). The van der Waals surface area contributed by atoms with Crippen LogP contribution in [0.3, 0.4) is 0 Å². The average molecular weight is 312 g/mol. The van der Waals surface area contributed by atoms with Crippen LogP contribution in [-0.2, 0) is 6.54 Å². The highest BCUT2D eigenvalue weighted by Gasteiger charge is 2.19. The standard InChI is InChI=1S/C13H14ClN3O4/c1-9-6-16(15-13(9)17(19)20)7-10(18)8-21-12-5-3-2-4-11(12)14/h2-6,10,18H,7-8H2,1H3. The van der Waals surface area contributed by atoms with Crippen LogP contribution in [0.25, 0.3) is 0 Å². The number of para-hydroxylation sites is 1. The van der Waals surface area contributed by atoms with Crippen LogP contribution in [0.2, 0.25) is 5.02 Å². The third-order valence-corrected chi connectivity index (χ3v) is 3.07. The zero-order chi connectivity index (χ0) is 15.4. The number of benzene rings is 1. The number of halogens is 1. The van der Waals surface area contributed by atoms with Crippen LogP contribution in [0.4, 0.5) is 5.82 Å². The Balaban J connectivity index is 1.93. The molecular weight excluding hydrogens is 298 g/mol. The molecule has 1 heterocycles. The van der Waals surface area contributed by atoms with Gasteiger partial charge in [0.2, 0.25) is 0 Å². The molecule has 0 radical (unpaired) electrons. The molecule has 0 bridgehead atoms. The van der Waals surface area contributed by atoms with Gasteiger partial charge in [0.05, 0.1) is 28.4 Å². The lowest BCUT2D eigenvalue weighted by Crippen LogP contribution is -2.24. The van der Waals surface area contributed by atoms with Crippen LogP contribution in [0.15, 0.2) is 30.5 Å². The molecule has 112 valence electrons. The lowest BCUT2D eigenvalue weighted by Gasteiger charge is -2.11. The lowest BCUT2D eigenvalue weighted by molar-refractivity contribution is -0.390. The highest BCUT2D eigenvalue weighted by molar-refractivity contribution is 6.32. The molecule has 0 aliphatic rings. The summed E-state index contributed by atoms with van der Waals surface area (Å²) in [6.45, 7) is 1.70. The zero-order valence-electron chi connectivity index (χ0n) is 11.3. The summed E-state index contributed by atoms with van der Waals surface area (Å²) in [5.41, 5.74) is 0.444. The zero-order valence-corrected chi connectivity index (χ0v) is 12.0. The van der Waals surface area contributed by atoms with Crippen LogP contribution < -0.4 is 4.74 Å². The Hall–Kier alpha value is -2.12. The maximum atomic E-state index is 10.7. The summed E-state index contributed by atoms with van der Waals surface area (Å²) in [6.07, 6.45) is 0.650. The Morgan fingerprint density at radius 2 is 2.24 bits per heavy atom. The first kappa shape index (κ1) is 15.3. The van der Waals surface area contributed by atoms with Gasteiger partial charge in [0.25, 0.3) is 0 Å². The van der Waals surface area contributed by atoms with Gasteiger partial charge in [0, 0.05) is 0 Å². The molecule has 0 saturated carbocycles. The molecule has 0 spiro atoms. The summed E-state index contributed by atoms with van der Waals surface area (Å²) >= 11 is 5.93. The Labute approximate surface area is 125 Å². The van der Waals surface area contributed by atoms with E-state index in [1.807, 2.05) is 0 Å². The van der Waals surface area contributed by atoms with Crippen molar-refractivity contribution in [1.29, 1.82) is 0 Å². The van der Waals surface area contributed by atoms with Crippen molar-refractivity contribution < 1.29 is 14.8 Å². The minimum atomic E-state index is -0.861. The molecule has 8 heteroatoms. The topological polar surface area (TPSA) is 90.4 Å². The van der Waals surface area contributed by atoms with E-state index in [9.17, 15) is 15.2 Å². The minimum absolute atomic E-state index is 0.0104. The highest BCUT2D eigenvalue weighted by atomic mass is 35.5. The van der Waals surface area contributed by atoms with Crippen molar-refractivity contribution in [2.75, 3.05) is 6.61 Å². The molecule has 21 heavy (non-hydrogen) atoms. The van der Waals surface area contributed by atoms with E-state index in [0.717, 1.165) is 0 Å². The molecule has 0 aliphatic heterocycles. The van der Waals surface area contributed by atoms with Crippen molar-refractivity contribution >= 4 is 17.4 Å². The Kier molecular flexibility index (Phi) is 4.77. The SMILES string of the molecule is Cc1cn(CC(O)COc2ccccc2Cl)nc1[N+](=O)[O-]. The summed E-state index contributed by atoms with van der Waals surface area (Å²) < 4.78 is 6.73. The Morgan fingerprint density at radius 1 is 1.52 bits per heavy atom. The maximum absolute atomic E-state index is 10.7. The number of rotatable bonds is 6. The van der Waals surface area contributed by atoms with Gasteiger partial charge in [-0.3, -0.25) is 0 Å². The predicted octanol–water partition coefficient (Wildman–Crippen LogP) is 2.19. The van der Waals surface area contributed by atoms with Crippen molar-refractivity contribution in [1.82, 2.24) is 9.78 Å². The van der Waals surface area contributed by atoms with E-state index in [1.54, 1.807) is 31.2 Å². The van der Waals surface area contributed by atoms with E-state index >= 15 is 0 Å². The number of hydrogen-bond donors (Lipinski definition) is 1. The Morgan fingerprint density at radius 3 is 2.86 bits per heavy atom. The molecule has 2 aromatic rings. The predicted molar refractivity (Wildman–Crippen MR) is 76.6 cm³/mol. The highest BCUT2D eigenvalue weighted by Crippen LogP contribution is 2.23. The number of aromatic nitrogens is 2. The fourth-order valence-corrected chi connectivity index (χ4v) is 1.99. The molecule has 7 nitrogen and oxygen atoms in total.